The monoisotopic (exact) mass is 339 g/mol. The third kappa shape index (κ3) is 3.54. The molecule has 0 amide bonds. The maximum atomic E-state index is 13.3. The van der Waals surface area contributed by atoms with Crippen molar-refractivity contribution >= 4 is 5.84 Å². The second kappa shape index (κ2) is 6.82. The van der Waals surface area contributed by atoms with Gasteiger partial charge in [0.05, 0.1) is 11.6 Å². The van der Waals surface area contributed by atoms with Crippen LogP contribution in [0.3, 0.4) is 0 Å². The number of halogens is 3. The molecule has 0 radical (unpaired) electrons. The SMILES string of the molecule is CN=C1C=C(C2CNCCN2)NC(c2ccccc2C(F)(F)F)N1. The van der Waals surface area contributed by atoms with E-state index in [1.54, 1.807) is 13.1 Å². The molecule has 2 atom stereocenters. The average molecular weight is 339 g/mol. The predicted molar refractivity (Wildman–Crippen MR) is 86.6 cm³/mol. The van der Waals surface area contributed by atoms with Crippen molar-refractivity contribution < 1.29 is 13.2 Å². The highest BCUT2D eigenvalue weighted by Gasteiger charge is 2.36. The quantitative estimate of drug-likeness (QED) is 0.657. The van der Waals surface area contributed by atoms with Gasteiger partial charge in [-0.15, -0.1) is 0 Å². The number of benzene rings is 1. The van der Waals surface area contributed by atoms with Crippen LogP contribution in [0.4, 0.5) is 13.2 Å². The minimum atomic E-state index is -4.41. The Labute approximate surface area is 138 Å². The van der Waals surface area contributed by atoms with Gasteiger partial charge in [-0.3, -0.25) is 4.99 Å². The van der Waals surface area contributed by atoms with Crippen LogP contribution in [0.15, 0.2) is 41.0 Å². The molecule has 2 unspecified atom stereocenters. The summed E-state index contributed by atoms with van der Waals surface area (Å²) in [4.78, 5) is 4.12. The van der Waals surface area contributed by atoms with Crippen molar-refractivity contribution in [2.24, 2.45) is 4.99 Å². The number of piperazine rings is 1. The largest absolute Gasteiger partial charge is 0.416 e. The number of aliphatic imine (C=N–C) groups is 1. The molecule has 1 aromatic carbocycles. The van der Waals surface area contributed by atoms with Gasteiger partial charge >= 0.3 is 6.18 Å². The van der Waals surface area contributed by atoms with E-state index in [1.807, 2.05) is 6.08 Å². The standard InChI is InChI=1S/C16H20F3N5/c1-20-14-8-12(13-9-21-6-7-22-13)23-15(24-14)10-4-2-3-5-11(10)16(17,18)19/h2-5,8,13,15,21-23H,6-7,9H2,1H3,(H,20,24). The second-order valence-electron chi connectivity index (χ2n) is 5.73. The van der Waals surface area contributed by atoms with Crippen LogP contribution in [0.25, 0.3) is 0 Å². The number of rotatable bonds is 2. The summed E-state index contributed by atoms with van der Waals surface area (Å²) in [5.41, 5.74) is 0.325. The van der Waals surface area contributed by atoms with Crippen LogP contribution in [-0.2, 0) is 6.18 Å². The van der Waals surface area contributed by atoms with Gasteiger partial charge < -0.3 is 21.3 Å². The zero-order chi connectivity index (χ0) is 17.2. The Kier molecular flexibility index (Phi) is 4.77. The molecule has 0 aliphatic carbocycles. The van der Waals surface area contributed by atoms with Crippen LogP contribution in [0.1, 0.15) is 17.3 Å². The molecule has 8 heteroatoms. The molecule has 0 aromatic heterocycles. The Morgan fingerprint density at radius 1 is 1.12 bits per heavy atom. The average Bonchev–Trinajstić information content (AvgIpc) is 2.61. The first-order valence-corrected chi connectivity index (χ1v) is 7.80. The first-order valence-electron chi connectivity index (χ1n) is 7.80. The summed E-state index contributed by atoms with van der Waals surface area (Å²) in [6.07, 6.45) is -3.27. The molecule has 5 nitrogen and oxygen atoms in total. The Hall–Kier alpha value is -2.06. The Balaban J connectivity index is 1.91. The summed E-state index contributed by atoms with van der Waals surface area (Å²) in [6, 6.07) is 5.59. The zero-order valence-corrected chi connectivity index (χ0v) is 13.2. The van der Waals surface area contributed by atoms with Crippen molar-refractivity contribution in [3.63, 3.8) is 0 Å². The lowest BCUT2D eigenvalue weighted by atomic mass is 10.0. The van der Waals surface area contributed by atoms with Gasteiger partial charge in [0.15, 0.2) is 0 Å². The van der Waals surface area contributed by atoms with Crippen molar-refractivity contribution in [3.05, 3.63) is 47.2 Å². The van der Waals surface area contributed by atoms with E-state index < -0.39 is 17.9 Å². The van der Waals surface area contributed by atoms with Crippen LogP contribution in [0, 0.1) is 0 Å². The van der Waals surface area contributed by atoms with Gasteiger partial charge in [0.25, 0.3) is 0 Å². The van der Waals surface area contributed by atoms with E-state index in [-0.39, 0.29) is 11.6 Å². The van der Waals surface area contributed by atoms with Crippen LogP contribution in [-0.4, -0.2) is 38.6 Å². The van der Waals surface area contributed by atoms with Crippen molar-refractivity contribution in [3.8, 4) is 0 Å². The zero-order valence-electron chi connectivity index (χ0n) is 13.2. The summed E-state index contributed by atoms with van der Waals surface area (Å²) >= 11 is 0. The van der Waals surface area contributed by atoms with Crippen molar-refractivity contribution in [2.45, 2.75) is 18.4 Å². The molecule has 3 rings (SSSR count). The van der Waals surface area contributed by atoms with Gasteiger partial charge in [-0.1, -0.05) is 18.2 Å². The summed E-state index contributed by atoms with van der Waals surface area (Å²) in [6.45, 7) is 2.39. The van der Waals surface area contributed by atoms with Crippen LogP contribution in [0.2, 0.25) is 0 Å². The number of nitrogens with zero attached hydrogens (tertiary/aromatic N) is 1. The van der Waals surface area contributed by atoms with Crippen LogP contribution >= 0.6 is 0 Å². The van der Waals surface area contributed by atoms with Gasteiger partial charge in [0.1, 0.15) is 12.0 Å². The van der Waals surface area contributed by atoms with Crippen LogP contribution < -0.4 is 21.3 Å². The predicted octanol–water partition coefficient (Wildman–Crippen LogP) is 1.37. The molecule has 0 saturated carbocycles. The van der Waals surface area contributed by atoms with Crippen LogP contribution in [0.5, 0.6) is 0 Å². The lowest BCUT2D eigenvalue weighted by molar-refractivity contribution is -0.138. The van der Waals surface area contributed by atoms with Gasteiger partial charge in [0, 0.05) is 44.0 Å². The smallest absolute Gasteiger partial charge is 0.363 e. The van der Waals surface area contributed by atoms with E-state index in [1.165, 1.54) is 12.1 Å². The normalized spacial score (nSPS) is 26.5. The van der Waals surface area contributed by atoms with E-state index >= 15 is 0 Å². The van der Waals surface area contributed by atoms with Crippen molar-refractivity contribution in [1.82, 2.24) is 21.3 Å². The van der Waals surface area contributed by atoms with E-state index in [4.69, 9.17) is 0 Å². The fourth-order valence-corrected chi connectivity index (χ4v) is 2.95. The lowest BCUT2D eigenvalue weighted by Crippen LogP contribution is -2.54. The van der Waals surface area contributed by atoms with E-state index in [0.717, 1.165) is 24.9 Å². The molecule has 4 N–H and O–H groups in total. The minimum absolute atomic E-state index is 0.0122. The van der Waals surface area contributed by atoms with E-state index in [9.17, 15) is 13.2 Å². The highest BCUT2D eigenvalue weighted by molar-refractivity contribution is 5.94. The topological polar surface area (TPSA) is 60.5 Å². The molecule has 1 aromatic rings. The highest BCUT2D eigenvalue weighted by Crippen LogP contribution is 2.34. The molecule has 1 saturated heterocycles. The molecule has 1 fully saturated rings. The Bertz CT molecular complexity index is 647. The molecule has 24 heavy (non-hydrogen) atoms. The number of alkyl halides is 3. The summed E-state index contributed by atoms with van der Waals surface area (Å²) < 4.78 is 39.9. The van der Waals surface area contributed by atoms with Gasteiger partial charge in [0.2, 0.25) is 0 Å². The van der Waals surface area contributed by atoms with E-state index in [0.29, 0.717) is 12.4 Å². The Morgan fingerprint density at radius 3 is 2.58 bits per heavy atom. The molecule has 2 heterocycles. The molecule has 130 valence electrons. The summed E-state index contributed by atoms with van der Waals surface area (Å²) in [7, 11) is 1.61. The number of hydrogen-bond donors (Lipinski definition) is 4. The second-order valence-corrected chi connectivity index (χ2v) is 5.73. The maximum absolute atomic E-state index is 13.3. The Morgan fingerprint density at radius 2 is 1.92 bits per heavy atom. The molecular weight excluding hydrogens is 319 g/mol. The van der Waals surface area contributed by atoms with Crippen molar-refractivity contribution in [2.75, 3.05) is 26.7 Å². The van der Waals surface area contributed by atoms with Gasteiger partial charge in [-0.05, 0) is 6.07 Å². The fourth-order valence-electron chi connectivity index (χ4n) is 2.95. The molecule has 2 aliphatic heterocycles. The summed E-state index contributed by atoms with van der Waals surface area (Å²) in [5, 5.41) is 12.8. The third-order valence-electron chi connectivity index (χ3n) is 4.13. The number of hydrogen-bond acceptors (Lipinski definition) is 4. The molecular formula is C16H20F3N5. The molecule has 0 spiro atoms. The maximum Gasteiger partial charge on any atom is 0.416 e. The lowest BCUT2D eigenvalue weighted by Gasteiger charge is -2.35. The highest BCUT2D eigenvalue weighted by atomic mass is 19.4. The molecule has 0 bridgehead atoms. The first-order chi connectivity index (χ1) is 11.5. The molecule has 2 aliphatic rings. The third-order valence-corrected chi connectivity index (χ3v) is 4.13. The van der Waals surface area contributed by atoms with Crippen molar-refractivity contribution in [1.29, 1.82) is 0 Å². The minimum Gasteiger partial charge on any atom is -0.363 e. The fraction of sp³-hybridized carbons (Fsp3) is 0.438. The summed E-state index contributed by atoms with van der Waals surface area (Å²) in [5.74, 6) is 0.554. The van der Waals surface area contributed by atoms with E-state index in [2.05, 4.69) is 26.3 Å². The van der Waals surface area contributed by atoms with Gasteiger partial charge in [-0.2, -0.15) is 13.2 Å². The first kappa shape index (κ1) is 16.8. The number of nitrogens with one attached hydrogen (secondary N) is 4. The van der Waals surface area contributed by atoms with Gasteiger partial charge in [-0.25, -0.2) is 0 Å². The number of amidine groups is 1.